The molecule has 19 heteroatoms. The van der Waals surface area contributed by atoms with E-state index >= 15 is 4.39 Å². The summed E-state index contributed by atoms with van der Waals surface area (Å²) in [6.07, 6.45) is 7.45. The Morgan fingerprint density at radius 1 is 1.02 bits per heavy atom. The molecule has 11 rings (SSSR count). The van der Waals surface area contributed by atoms with E-state index in [4.69, 9.17) is 19.6 Å². The number of amides is 3. The number of para-hydroxylation sites is 1. The minimum absolute atomic E-state index is 0.0410. The van der Waals surface area contributed by atoms with E-state index in [1.165, 1.54) is 16.9 Å². The van der Waals surface area contributed by atoms with Crippen molar-refractivity contribution >= 4 is 45.8 Å². The van der Waals surface area contributed by atoms with Crippen molar-refractivity contribution in [3.8, 4) is 11.8 Å². The number of benzene rings is 1. The van der Waals surface area contributed by atoms with Crippen LogP contribution in [0.3, 0.4) is 0 Å². The molecule has 5 aromatic rings. The molecule has 6 fully saturated rings. The van der Waals surface area contributed by atoms with Gasteiger partial charge in [-0.25, -0.2) is 22.7 Å². The molecule has 65 heavy (non-hydrogen) atoms. The van der Waals surface area contributed by atoms with E-state index in [2.05, 4.69) is 42.5 Å². The molecule has 3 amide bonds. The maximum absolute atomic E-state index is 15.6. The molecule has 4 saturated heterocycles. The van der Waals surface area contributed by atoms with Crippen LogP contribution in [-0.2, 0) is 19.1 Å². The predicted molar refractivity (Wildman–Crippen MR) is 230 cm³/mol. The van der Waals surface area contributed by atoms with E-state index in [1.54, 1.807) is 10.9 Å². The summed E-state index contributed by atoms with van der Waals surface area (Å²) in [4.78, 5) is 47.2. The molecule has 6 aliphatic rings. The van der Waals surface area contributed by atoms with Crippen molar-refractivity contribution < 1.29 is 37.0 Å². The number of aromatic nitrogens is 7. The standard InChI is InChI=1S/C46H50F3N11O5/c47-35-23-56(16-14-37(35)64-18-2-4-27-3-1-5-32-40(33-12-13-39(61)53-45(33)62)55-60(42(27)32)29-10-11-29)21-26-6-8-28(9-7-26)59-24-36(41(54-59)43(48)49)51-46(63)34-20-50-58-17-15-38(52-44(34)58)57-22-31-19-30(57)25-65-31/h1,3,5,15,17,20,24,26,28-31,33,35,37,43H,6-14,16,18-19,21-23,25H2,(H,51,63)(H,53,61,62)/t26?,28?,30-,31-,33?,35-,37+/m1/s1. The maximum Gasteiger partial charge on any atom is 0.284 e. The first-order valence-corrected chi connectivity index (χ1v) is 22.9. The van der Waals surface area contributed by atoms with Crippen molar-refractivity contribution in [2.45, 2.75) is 113 Å². The summed E-state index contributed by atoms with van der Waals surface area (Å²) < 4.78 is 60.9. The average Bonchev–Trinajstić information content (AvgIpc) is 3.73. The molecule has 1 unspecified atom stereocenters. The molecule has 0 radical (unpaired) electrons. The van der Waals surface area contributed by atoms with Gasteiger partial charge in [0.15, 0.2) is 11.3 Å². The zero-order valence-electron chi connectivity index (χ0n) is 35.8. The van der Waals surface area contributed by atoms with Gasteiger partial charge in [-0.15, -0.1) is 0 Å². The molecule has 2 N–H and O–H groups in total. The molecule has 340 valence electrons. The van der Waals surface area contributed by atoms with Crippen molar-refractivity contribution in [2.75, 3.05) is 49.6 Å². The number of hydrogen-bond donors (Lipinski definition) is 2. The Kier molecular flexibility index (Phi) is 11.1. The van der Waals surface area contributed by atoms with Gasteiger partial charge in [0.05, 0.1) is 71.5 Å². The third-order valence-corrected chi connectivity index (χ3v) is 14.1. The maximum atomic E-state index is 15.6. The molecule has 2 aliphatic carbocycles. The molecule has 5 atom stereocenters. The first-order chi connectivity index (χ1) is 31.6. The van der Waals surface area contributed by atoms with Gasteiger partial charge in [-0.2, -0.15) is 15.3 Å². The highest BCUT2D eigenvalue weighted by atomic mass is 19.3. The lowest BCUT2D eigenvalue weighted by atomic mass is 9.85. The molecular weight excluding hydrogens is 844 g/mol. The van der Waals surface area contributed by atoms with E-state index in [9.17, 15) is 23.2 Å². The average molecular weight is 894 g/mol. The van der Waals surface area contributed by atoms with Gasteiger partial charge in [0.1, 0.15) is 24.2 Å². The summed E-state index contributed by atoms with van der Waals surface area (Å²) >= 11 is 0. The van der Waals surface area contributed by atoms with Gasteiger partial charge in [-0.1, -0.05) is 24.0 Å². The Hall–Kier alpha value is -5.84. The molecule has 4 aliphatic heterocycles. The zero-order valence-corrected chi connectivity index (χ0v) is 35.8. The van der Waals surface area contributed by atoms with Crippen LogP contribution < -0.4 is 15.5 Å². The normalized spacial score (nSPS) is 27.1. The molecular formula is C46H50F3N11O5. The predicted octanol–water partition coefficient (Wildman–Crippen LogP) is 5.51. The van der Waals surface area contributed by atoms with Gasteiger partial charge in [-0.3, -0.25) is 34.0 Å². The van der Waals surface area contributed by atoms with Crippen molar-refractivity contribution in [1.82, 2.24) is 44.4 Å². The second kappa shape index (κ2) is 17.2. The number of ether oxygens (including phenoxy) is 2. The number of halogens is 3. The highest BCUT2D eigenvalue weighted by molar-refractivity contribution is 6.08. The van der Waals surface area contributed by atoms with Crippen LogP contribution in [0.15, 0.2) is 42.9 Å². The fourth-order valence-corrected chi connectivity index (χ4v) is 10.5. The summed E-state index contributed by atoms with van der Waals surface area (Å²) in [6, 6.07) is 7.98. The Morgan fingerprint density at radius 2 is 1.86 bits per heavy atom. The third-order valence-electron chi connectivity index (χ3n) is 14.1. The number of carbonyl (C=O) groups is 3. The Morgan fingerprint density at radius 3 is 2.62 bits per heavy atom. The van der Waals surface area contributed by atoms with Gasteiger partial charge in [0.2, 0.25) is 11.8 Å². The lowest BCUT2D eigenvalue weighted by Crippen LogP contribution is -2.47. The van der Waals surface area contributed by atoms with Crippen LogP contribution in [0.5, 0.6) is 0 Å². The van der Waals surface area contributed by atoms with Crippen molar-refractivity contribution in [3.63, 3.8) is 0 Å². The molecule has 1 aromatic carbocycles. The van der Waals surface area contributed by atoms with Crippen LogP contribution in [-0.4, -0.2) is 121 Å². The van der Waals surface area contributed by atoms with Crippen LogP contribution in [0.1, 0.15) is 116 Å². The number of likely N-dealkylation sites (tertiary alicyclic amines) is 1. The number of alkyl halides is 3. The minimum Gasteiger partial charge on any atom is -0.374 e. The van der Waals surface area contributed by atoms with E-state index < -0.39 is 36.2 Å². The van der Waals surface area contributed by atoms with Crippen molar-refractivity contribution in [1.29, 1.82) is 0 Å². The zero-order chi connectivity index (χ0) is 44.3. The lowest BCUT2D eigenvalue weighted by Gasteiger charge is -2.38. The molecule has 8 heterocycles. The number of carbonyl (C=O) groups excluding carboxylic acids is 3. The second-order valence-electron chi connectivity index (χ2n) is 18.4. The van der Waals surface area contributed by atoms with Gasteiger partial charge in [0.25, 0.3) is 12.3 Å². The quantitative estimate of drug-likeness (QED) is 0.127. The Balaban J connectivity index is 0.670. The molecule has 2 saturated carbocycles. The lowest BCUT2D eigenvalue weighted by molar-refractivity contribution is -0.134. The van der Waals surface area contributed by atoms with Gasteiger partial charge < -0.3 is 19.7 Å². The fraction of sp³-hybridized carbons (Fsp3) is 0.543. The van der Waals surface area contributed by atoms with Gasteiger partial charge in [-0.05, 0) is 75.8 Å². The topological polar surface area (TPSA) is 166 Å². The highest BCUT2D eigenvalue weighted by Crippen LogP contribution is 2.41. The summed E-state index contributed by atoms with van der Waals surface area (Å²) in [5, 5.41) is 19.4. The van der Waals surface area contributed by atoms with Gasteiger partial charge in [0, 0.05) is 50.4 Å². The number of morpholine rings is 1. The minimum atomic E-state index is -2.89. The first-order valence-electron chi connectivity index (χ1n) is 22.9. The van der Waals surface area contributed by atoms with Crippen LogP contribution in [0.4, 0.5) is 24.7 Å². The highest BCUT2D eigenvalue weighted by Gasteiger charge is 2.40. The number of imide groups is 1. The summed E-state index contributed by atoms with van der Waals surface area (Å²) in [6.45, 7) is 3.13. The van der Waals surface area contributed by atoms with Crippen LogP contribution in [0.2, 0.25) is 0 Å². The summed E-state index contributed by atoms with van der Waals surface area (Å²) in [5.74, 6) is 5.69. The van der Waals surface area contributed by atoms with E-state index in [-0.39, 0.29) is 66.9 Å². The van der Waals surface area contributed by atoms with Crippen LogP contribution >= 0.6 is 0 Å². The Bertz CT molecular complexity index is 2710. The van der Waals surface area contributed by atoms with Crippen LogP contribution in [0.25, 0.3) is 16.6 Å². The number of nitrogens with zero attached hydrogens (tertiary/aromatic N) is 9. The largest absolute Gasteiger partial charge is 0.374 e. The fourth-order valence-electron chi connectivity index (χ4n) is 10.5. The molecule has 0 spiro atoms. The van der Waals surface area contributed by atoms with Gasteiger partial charge >= 0.3 is 0 Å². The third kappa shape index (κ3) is 8.24. The number of hydrogen-bond acceptors (Lipinski definition) is 11. The molecule has 2 bridgehead atoms. The van der Waals surface area contributed by atoms with Crippen molar-refractivity contribution in [3.05, 3.63) is 65.4 Å². The molecule has 4 aromatic heterocycles. The first kappa shape index (κ1) is 41.8. The molecule has 16 nitrogen and oxygen atoms in total. The smallest absolute Gasteiger partial charge is 0.284 e. The van der Waals surface area contributed by atoms with E-state index in [0.717, 1.165) is 80.3 Å². The second-order valence-corrected chi connectivity index (χ2v) is 18.4. The van der Waals surface area contributed by atoms with E-state index in [1.807, 2.05) is 28.9 Å². The summed E-state index contributed by atoms with van der Waals surface area (Å²) in [7, 11) is 0. The number of fused-ring (bicyclic) bond motifs is 4. The number of rotatable bonds is 11. The van der Waals surface area contributed by atoms with Crippen molar-refractivity contribution in [2.24, 2.45) is 5.92 Å². The SMILES string of the molecule is O=C1CCC(c2nn(C3CC3)c3c(C#CCO[C@H]4CCN(CC5CCC(n6cc(NC(=O)c7cnn8ccc(N9C[C@H]%10C[C@@H]9CO%10)nc78)c(C(F)F)n6)CC5)C[C@H]4F)cccc23)C(=O)N1. The number of piperidine rings is 2. The summed E-state index contributed by atoms with van der Waals surface area (Å²) in [5.41, 5.74) is 2.29. The number of nitrogens with one attached hydrogen (secondary N) is 2. The monoisotopic (exact) mass is 893 g/mol. The van der Waals surface area contributed by atoms with Crippen LogP contribution in [0, 0.1) is 17.8 Å². The Labute approximate surface area is 372 Å². The number of anilines is 2. The van der Waals surface area contributed by atoms with E-state index in [0.29, 0.717) is 43.3 Å².